The molecule has 110 valence electrons. The average Bonchev–Trinajstić information content (AvgIpc) is 2.48. The van der Waals surface area contributed by atoms with E-state index in [1.54, 1.807) is 24.3 Å². The number of hydrogen-bond donors (Lipinski definition) is 1. The molecule has 21 heavy (non-hydrogen) atoms. The number of rotatable bonds is 2. The molecule has 1 unspecified atom stereocenters. The minimum atomic E-state index is -0.843. The maximum atomic E-state index is 10.6. The lowest BCUT2D eigenvalue weighted by Gasteiger charge is -2.21. The molecule has 0 radical (unpaired) electrons. The van der Waals surface area contributed by atoms with Crippen molar-refractivity contribution in [1.82, 2.24) is 0 Å². The number of aliphatic hydroxyl groups excluding tert-OH is 1. The topological polar surface area (TPSA) is 38.7 Å². The highest BCUT2D eigenvalue weighted by Gasteiger charge is 2.20. The van der Waals surface area contributed by atoms with E-state index in [0.29, 0.717) is 40.3 Å². The van der Waals surface area contributed by atoms with Crippen LogP contribution in [0.4, 0.5) is 0 Å². The smallest absolute Gasteiger partial charge is 0.162 e. The van der Waals surface area contributed by atoms with Crippen molar-refractivity contribution in [2.75, 3.05) is 13.2 Å². The van der Waals surface area contributed by atoms with E-state index in [1.165, 1.54) is 0 Å². The van der Waals surface area contributed by atoms with Gasteiger partial charge in [-0.15, -0.1) is 0 Å². The van der Waals surface area contributed by atoms with Gasteiger partial charge in [0.25, 0.3) is 0 Å². The van der Waals surface area contributed by atoms with Crippen molar-refractivity contribution in [1.29, 1.82) is 0 Å². The first-order valence-corrected chi connectivity index (χ1v) is 7.35. The molecule has 5 heteroatoms. The molecule has 0 saturated heterocycles. The summed E-state index contributed by atoms with van der Waals surface area (Å²) >= 11 is 12.3. The number of aryl methyl sites for hydroxylation is 1. The van der Waals surface area contributed by atoms with E-state index >= 15 is 0 Å². The SMILES string of the molecule is Cc1cc(C(O)c2cc3c(cc2Cl)OCCO3)ccc1Cl. The highest BCUT2D eigenvalue weighted by molar-refractivity contribution is 6.32. The van der Waals surface area contributed by atoms with Crippen molar-refractivity contribution < 1.29 is 14.6 Å². The first-order valence-electron chi connectivity index (χ1n) is 6.59. The Balaban J connectivity index is 2.00. The van der Waals surface area contributed by atoms with Crippen molar-refractivity contribution in [3.63, 3.8) is 0 Å². The monoisotopic (exact) mass is 324 g/mol. The lowest BCUT2D eigenvalue weighted by molar-refractivity contribution is 0.169. The Kier molecular flexibility index (Phi) is 3.98. The Morgan fingerprint density at radius 2 is 1.67 bits per heavy atom. The van der Waals surface area contributed by atoms with Crippen LogP contribution in [0, 0.1) is 6.92 Å². The van der Waals surface area contributed by atoms with Gasteiger partial charge in [0.2, 0.25) is 0 Å². The average molecular weight is 325 g/mol. The summed E-state index contributed by atoms with van der Waals surface area (Å²) in [7, 11) is 0. The predicted molar refractivity (Wildman–Crippen MR) is 82.7 cm³/mol. The lowest BCUT2D eigenvalue weighted by Crippen LogP contribution is -2.16. The Morgan fingerprint density at radius 3 is 2.33 bits per heavy atom. The maximum Gasteiger partial charge on any atom is 0.162 e. The summed E-state index contributed by atoms with van der Waals surface area (Å²) in [5, 5.41) is 11.7. The van der Waals surface area contributed by atoms with Crippen molar-refractivity contribution >= 4 is 23.2 Å². The fourth-order valence-corrected chi connectivity index (χ4v) is 2.68. The van der Waals surface area contributed by atoms with Gasteiger partial charge in [-0.25, -0.2) is 0 Å². The molecule has 1 aliphatic rings. The zero-order valence-electron chi connectivity index (χ0n) is 11.4. The van der Waals surface area contributed by atoms with E-state index in [9.17, 15) is 5.11 Å². The van der Waals surface area contributed by atoms with E-state index in [1.807, 2.05) is 13.0 Å². The molecular formula is C16H14Cl2O3. The first-order chi connectivity index (χ1) is 10.1. The molecule has 3 nitrogen and oxygen atoms in total. The second-order valence-corrected chi connectivity index (χ2v) is 5.74. The molecule has 0 aromatic heterocycles. The third-order valence-electron chi connectivity index (χ3n) is 3.45. The Morgan fingerprint density at radius 1 is 1.00 bits per heavy atom. The molecule has 1 heterocycles. The molecule has 0 aliphatic carbocycles. The third-order valence-corrected chi connectivity index (χ3v) is 4.21. The van der Waals surface area contributed by atoms with Gasteiger partial charge < -0.3 is 14.6 Å². The zero-order chi connectivity index (χ0) is 15.0. The summed E-state index contributed by atoms with van der Waals surface area (Å²) in [5.41, 5.74) is 2.22. The zero-order valence-corrected chi connectivity index (χ0v) is 12.9. The molecule has 0 amide bonds. The van der Waals surface area contributed by atoms with Crippen molar-refractivity contribution in [2.24, 2.45) is 0 Å². The molecule has 0 saturated carbocycles. The van der Waals surface area contributed by atoms with Crippen molar-refractivity contribution in [2.45, 2.75) is 13.0 Å². The van der Waals surface area contributed by atoms with E-state index in [0.717, 1.165) is 11.1 Å². The molecule has 2 aromatic carbocycles. The van der Waals surface area contributed by atoms with Crippen LogP contribution >= 0.6 is 23.2 Å². The summed E-state index contributed by atoms with van der Waals surface area (Å²) in [6.07, 6.45) is -0.843. The number of ether oxygens (including phenoxy) is 2. The molecule has 1 aliphatic heterocycles. The minimum Gasteiger partial charge on any atom is -0.486 e. The maximum absolute atomic E-state index is 10.6. The molecule has 0 bridgehead atoms. The van der Waals surface area contributed by atoms with Gasteiger partial charge in [-0.2, -0.15) is 0 Å². The first kappa shape index (κ1) is 14.5. The van der Waals surface area contributed by atoms with Gasteiger partial charge >= 0.3 is 0 Å². The number of hydrogen-bond acceptors (Lipinski definition) is 3. The minimum absolute atomic E-state index is 0.444. The van der Waals surface area contributed by atoms with Gasteiger partial charge in [0.15, 0.2) is 11.5 Å². The van der Waals surface area contributed by atoms with Gasteiger partial charge in [0, 0.05) is 16.7 Å². The van der Waals surface area contributed by atoms with E-state index < -0.39 is 6.10 Å². The highest BCUT2D eigenvalue weighted by Crippen LogP contribution is 2.39. The van der Waals surface area contributed by atoms with Crippen LogP contribution in [0.2, 0.25) is 10.0 Å². The molecule has 3 rings (SSSR count). The molecule has 0 spiro atoms. The van der Waals surface area contributed by atoms with Gasteiger partial charge in [-0.05, 0) is 30.2 Å². The fraction of sp³-hybridized carbons (Fsp3) is 0.250. The molecule has 1 atom stereocenters. The van der Waals surface area contributed by atoms with Gasteiger partial charge in [-0.1, -0.05) is 35.3 Å². The third kappa shape index (κ3) is 2.82. The largest absolute Gasteiger partial charge is 0.486 e. The van der Waals surface area contributed by atoms with Crippen LogP contribution in [0.15, 0.2) is 30.3 Å². The Hall–Kier alpha value is -1.42. The second-order valence-electron chi connectivity index (χ2n) is 4.93. The van der Waals surface area contributed by atoms with E-state index in [4.69, 9.17) is 32.7 Å². The predicted octanol–water partition coefficient (Wildman–Crippen LogP) is 4.15. The lowest BCUT2D eigenvalue weighted by atomic mass is 9.99. The van der Waals surface area contributed by atoms with Crippen LogP contribution in [-0.2, 0) is 0 Å². The van der Waals surface area contributed by atoms with Crippen LogP contribution in [0.25, 0.3) is 0 Å². The van der Waals surface area contributed by atoms with Crippen LogP contribution in [-0.4, -0.2) is 18.3 Å². The summed E-state index contributed by atoms with van der Waals surface area (Å²) in [4.78, 5) is 0. The van der Waals surface area contributed by atoms with Gasteiger partial charge in [0.05, 0.1) is 5.02 Å². The Bertz CT molecular complexity index is 685. The summed E-state index contributed by atoms with van der Waals surface area (Å²) in [6.45, 7) is 2.88. The van der Waals surface area contributed by atoms with Crippen LogP contribution < -0.4 is 9.47 Å². The Labute approximate surface area is 133 Å². The molecule has 0 fully saturated rings. The van der Waals surface area contributed by atoms with Crippen LogP contribution in [0.5, 0.6) is 11.5 Å². The summed E-state index contributed by atoms with van der Waals surface area (Å²) in [6, 6.07) is 8.80. The number of fused-ring (bicyclic) bond motifs is 1. The second kappa shape index (κ2) is 5.76. The quantitative estimate of drug-likeness (QED) is 0.901. The standard InChI is InChI=1S/C16H14Cl2O3/c1-9-6-10(2-3-12(9)17)16(19)11-7-14-15(8-13(11)18)21-5-4-20-14/h2-3,6-8,16,19H,4-5H2,1H3. The van der Waals surface area contributed by atoms with Crippen molar-refractivity contribution in [3.8, 4) is 11.5 Å². The number of benzene rings is 2. The normalized spacial score (nSPS) is 14.9. The van der Waals surface area contributed by atoms with Crippen LogP contribution in [0.1, 0.15) is 22.8 Å². The summed E-state index contributed by atoms with van der Waals surface area (Å²) < 4.78 is 11.0. The molecule has 2 aromatic rings. The van der Waals surface area contributed by atoms with E-state index in [-0.39, 0.29) is 0 Å². The van der Waals surface area contributed by atoms with Crippen molar-refractivity contribution in [3.05, 3.63) is 57.1 Å². The van der Waals surface area contributed by atoms with Gasteiger partial charge in [-0.3, -0.25) is 0 Å². The van der Waals surface area contributed by atoms with E-state index in [2.05, 4.69) is 0 Å². The number of halogens is 2. The summed E-state index contributed by atoms with van der Waals surface area (Å²) in [5.74, 6) is 1.21. The van der Waals surface area contributed by atoms with Crippen LogP contribution in [0.3, 0.4) is 0 Å². The fourth-order valence-electron chi connectivity index (χ4n) is 2.31. The molecular weight excluding hydrogens is 311 g/mol. The molecule has 1 N–H and O–H groups in total. The van der Waals surface area contributed by atoms with Gasteiger partial charge in [0.1, 0.15) is 19.3 Å². The number of aliphatic hydroxyl groups is 1. The highest BCUT2D eigenvalue weighted by atomic mass is 35.5.